The molecule has 1 aromatic carbocycles. The molecule has 4 rings (SSSR count). The van der Waals surface area contributed by atoms with Crippen LogP contribution in [0.15, 0.2) is 47.7 Å². The Balaban J connectivity index is 1.92. The van der Waals surface area contributed by atoms with Gasteiger partial charge in [0.1, 0.15) is 24.0 Å². The number of rotatable bonds is 3. The van der Waals surface area contributed by atoms with E-state index >= 15 is 0 Å². The van der Waals surface area contributed by atoms with Gasteiger partial charge in [0.15, 0.2) is 6.23 Å². The summed E-state index contributed by atoms with van der Waals surface area (Å²) in [5, 5.41) is 30.0. The van der Waals surface area contributed by atoms with Crippen molar-refractivity contribution >= 4 is 11.0 Å². The van der Waals surface area contributed by atoms with E-state index in [1.54, 1.807) is 6.20 Å². The predicted molar refractivity (Wildman–Crippen MR) is 88.8 cm³/mol. The summed E-state index contributed by atoms with van der Waals surface area (Å²) in [5.41, 5.74) is 1.48. The minimum atomic E-state index is -1.25. The molecule has 0 amide bonds. The zero-order chi connectivity index (χ0) is 17.6. The number of fused-ring (bicyclic) bond motifs is 1. The molecule has 2 aromatic heterocycles. The molecule has 0 aliphatic carbocycles. The number of ether oxygens (including phenoxy) is 1. The number of aromatic nitrogens is 3. The summed E-state index contributed by atoms with van der Waals surface area (Å²) in [5.74, 6) is 0. The van der Waals surface area contributed by atoms with E-state index in [4.69, 9.17) is 4.74 Å². The van der Waals surface area contributed by atoms with E-state index in [1.165, 1.54) is 10.9 Å². The normalized spacial score (nSPS) is 26.4. The summed E-state index contributed by atoms with van der Waals surface area (Å²) in [6.45, 7) is -0.423. The van der Waals surface area contributed by atoms with Crippen molar-refractivity contribution in [3.05, 3.63) is 53.2 Å². The molecule has 8 nitrogen and oxygen atoms in total. The molecule has 4 atom stereocenters. The highest BCUT2D eigenvalue weighted by Crippen LogP contribution is 2.35. The standard InChI is InChI=1S/C17H17N3O5/c21-7-11-13(22)14(23)17(25-11)20-6-10(9-4-2-1-3-5-9)12-15(20)18-8-19-16(12)24/h1-6,8,11,13-14,17,21-23H,7H2,(H,18,19,24)/t11-,13-,14-,17-/m1/s1. The van der Waals surface area contributed by atoms with Gasteiger partial charge in [-0.3, -0.25) is 4.79 Å². The van der Waals surface area contributed by atoms with Gasteiger partial charge in [0.2, 0.25) is 0 Å². The molecule has 0 spiro atoms. The summed E-state index contributed by atoms with van der Waals surface area (Å²) >= 11 is 0. The second kappa shape index (κ2) is 6.08. The number of aromatic amines is 1. The SMILES string of the molecule is O=c1[nH]cnc2c1c(-c1ccccc1)cn2[C@@H]1O[C@H](CO)[C@@H](O)[C@H]1O. The zero-order valence-corrected chi connectivity index (χ0v) is 13.1. The number of aliphatic hydroxyl groups is 3. The Morgan fingerprint density at radius 3 is 2.64 bits per heavy atom. The van der Waals surface area contributed by atoms with Gasteiger partial charge in [-0.25, -0.2) is 4.98 Å². The Morgan fingerprint density at radius 1 is 1.20 bits per heavy atom. The Bertz CT molecular complexity index is 952. The van der Waals surface area contributed by atoms with Crippen LogP contribution in [0.1, 0.15) is 6.23 Å². The van der Waals surface area contributed by atoms with Gasteiger partial charge in [-0.1, -0.05) is 30.3 Å². The molecule has 1 aliphatic rings. The van der Waals surface area contributed by atoms with Crippen LogP contribution in [-0.4, -0.2) is 54.8 Å². The molecule has 0 bridgehead atoms. The van der Waals surface area contributed by atoms with Crippen molar-refractivity contribution in [1.82, 2.24) is 14.5 Å². The number of hydrogen-bond acceptors (Lipinski definition) is 6. The average Bonchev–Trinajstić information content (AvgIpc) is 3.15. The first-order valence-corrected chi connectivity index (χ1v) is 7.88. The van der Waals surface area contributed by atoms with Gasteiger partial charge in [-0.2, -0.15) is 0 Å². The van der Waals surface area contributed by atoms with Crippen molar-refractivity contribution in [3.63, 3.8) is 0 Å². The van der Waals surface area contributed by atoms with Gasteiger partial charge < -0.3 is 29.6 Å². The lowest BCUT2D eigenvalue weighted by Gasteiger charge is -2.17. The fraction of sp³-hybridized carbons (Fsp3) is 0.294. The third-order valence-electron chi connectivity index (χ3n) is 4.49. The molecule has 3 heterocycles. The molecule has 0 radical (unpaired) electrons. The number of benzene rings is 1. The summed E-state index contributed by atoms with van der Waals surface area (Å²) < 4.78 is 7.10. The van der Waals surface area contributed by atoms with Crippen LogP contribution in [-0.2, 0) is 4.74 Å². The largest absolute Gasteiger partial charge is 0.394 e. The van der Waals surface area contributed by atoms with Crippen molar-refractivity contribution in [2.75, 3.05) is 6.61 Å². The highest BCUT2D eigenvalue weighted by atomic mass is 16.6. The number of nitrogens with zero attached hydrogens (tertiary/aromatic N) is 2. The van der Waals surface area contributed by atoms with Crippen LogP contribution in [0.25, 0.3) is 22.2 Å². The minimum Gasteiger partial charge on any atom is -0.394 e. The van der Waals surface area contributed by atoms with Crippen molar-refractivity contribution in [3.8, 4) is 11.1 Å². The number of nitrogens with one attached hydrogen (secondary N) is 1. The quantitative estimate of drug-likeness (QED) is 0.531. The van der Waals surface area contributed by atoms with Gasteiger partial charge in [-0.05, 0) is 5.56 Å². The Hall–Kier alpha value is -2.52. The Morgan fingerprint density at radius 2 is 1.96 bits per heavy atom. The van der Waals surface area contributed by atoms with Crippen LogP contribution < -0.4 is 5.56 Å². The average molecular weight is 343 g/mol. The van der Waals surface area contributed by atoms with E-state index in [-0.39, 0.29) is 5.56 Å². The third-order valence-corrected chi connectivity index (χ3v) is 4.49. The molecule has 1 aliphatic heterocycles. The highest BCUT2D eigenvalue weighted by molar-refractivity contribution is 5.93. The summed E-state index contributed by atoms with van der Waals surface area (Å²) in [7, 11) is 0. The van der Waals surface area contributed by atoms with Crippen molar-refractivity contribution in [1.29, 1.82) is 0 Å². The maximum atomic E-state index is 12.4. The lowest BCUT2D eigenvalue weighted by atomic mass is 10.1. The summed E-state index contributed by atoms with van der Waals surface area (Å²) in [6.07, 6.45) is -1.40. The van der Waals surface area contributed by atoms with Crippen molar-refractivity contribution in [2.24, 2.45) is 0 Å². The minimum absolute atomic E-state index is 0.311. The van der Waals surface area contributed by atoms with Crippen LogP contribution in [0.4, 0.5) is 0 Å². The molecule has 130 valence electrons. The first-order chi connectivity index (χ1) is 12.1. The van der Waals surface area contributed by atoms with Crippen LogP contribution >= 0.6 is 0 Å². The molecule has 3 aromatic rings. The monoisotopic (exact) mass is 343 g/mol. The van der Waals surface area contributed by atoms with E-state index in [2.05, 4.69) is 9.97 Å². The number of H-pyrrole nitrogens is 1. The predicted octanol–water partition coefficient (Wildman–Crippen LogP) is 0.00310. The lowest BCUT2D eigenvalue weighted by molar-refractivity contribution is -0.0508. The molecule has 8 heteroatoms. The van der Waals surface area contributed by atoms with Crippen molar-refractivity contribution < 1.29 is 20.1 Å². The lowest BCUT2D eigenvalue weighted by Crippen LogP contribution is -2.33. The van der Waals surface area contributed by atoms with E-state index < -0.39 is 31.1 Å². The molecular formula is C17H17N3O5. The molecule has 1 saturated heterocycles. The van der Waals surface area contributed by atoms with E-state index in [0.29, 0.717) is 16.6 Å². The van der Waals surface area contributed by atoms with Gasteiger partial charge in [0, 0.05) is 11.8 Å². The Labute approximate surface area is 142 Å². The van der Waals surface area contributed by atoms with Crippen molar-refractivity contribution in [2.45, 2.75) is 24.5 Å². The van der Waals surface area contributed by atoms with Gasteiger partial charge in [0.05, 0.1) is 18.3 Å². The molecule has 1 fully saturated rings. The van der Waals surface area contributed by atoms with Gasteiger partial charge in [-0.15, -0.1) is 0 Å². The van der Waals surface area contributed by atoms with E-state index in [9.17, 15) is 20.1 Å². The number of hydrogen-bond donors (Lipinski definition) is 4. The van der Waals surface area contributed by atoms with Gasteiger partial charge >= 0.3 is 0 Å². The summed E-state index contributed by atoms with van der Waals surface area (Å²) in [6, 6.07) is 9.31. The smallest absolute Gasteiger partial charge is 0.260 e. The Kier molecular flexibility index (Phi) is 3.89. The van der Waals surface area contributed by atoms with Gasteiger partial charge in [0.25, 0.3) is 5.56 Å². The molecule has 25 heavy (non-hydrogen) atoms. The second-order valence-corrected chi connectivity index (χ2v) is 5.98. The maximum absolute atomic E-state index is 12.4. The highest BCUT2D eigenvalue weighted by Gasteiger charge is 2.44. The second-order valence-electron chi connectivity index (χ2n) is 5.98. The van der Waals surface area contributed by atoms with Crippen LogP contribution in [0.3, 0.4) is 0 Å². The fourth-order valence-corrected chi connectivity index (χ4v) is 3.23. The van der Waals surface area contributed by atoms with E-state index in [0.717, 1.165) is 5.56 Å². The molecule has 0 saturated carbocycles. The number of aliphatic hydroxyl groups excluding tert-OH is 3. The zero-order valence-electron chi connectivity index (χ0n) is 13.1. The van der Waals surface area contributed by atoms with Crippen LogP contribution in [0.5, 0.6) is 0 Å². The van der Waals surface area contributed by atoms with Crippen LogP contribution in [0, 0.1) is 0 Å². The summed E-state index contributed by atoms with van der Waals surface area (Å²) in [4.78, 5) is 19.1. The molecular weight excluding hydrogens is 326 g/mol. The van der Waals surface area contributed by atoms with E-state index in [1.807, 2.05) is 30.3 Å². The maximum Gasteiger partial charge on any atom is 0.260 e. The first-order valence-electron chi connectivity index (χ1n) is 7.88. The first kappa shape index (κ1) is 16.0. The fourth-order valence-electron chi connectivity index (χ4n) is 3.23. The topological polar surface area (TPSA) is 121 Å². The van der Waals surface area contributed by atoms with Crippen LogP contribution in [0.2, 0.25) is 0 Å². The molecule has 0 unspecified atom stereocenters. The molecule has 4 N–H and O–H groups in total. The third kappa shape index (κ3) is 2.47.